The Bertz CT molecular complexity index is 591. The van der Waals surface area contributed by atoms with E-state index >= 15 is 0 Å². The highest BCUT2D eigenvalue weighted by atomic mass is 16.5. The summed E-state index contributed by atoms with van der Waals surface area (Å²) in [6.07, 6.45) is 0.126. The largest absolute Gasteiger partial charge is 0.495 e. The number of carbonyl (C=O) groups excluding carboxylic acids is 2. The molecule has 1 heterocycles. The molecule has 1 amide bonds. The third kappa shape index (κ3) is 2.43. The first-order chi connectivity index (χ1) is 9.60. The van der Waals surface area contributed by atoms with Crippen molar-refractivity contribution in [1.29, 1.82) is 5.26 Å². The van der Waals surface area contributed by atoms with E-state index in [-0.39, 0.29) is 18.9 Å². The number of methoxy groups -OCH3 is 2. The van der Waals surface area contributed by atoms with Crippen LogP contribution in [-0.4, -0.2) is 32.6 Å². The van der Waals surface area contributed by atoms with Crippen molar-refractivity contribution in [3.05, 3.63) is 23.8 Å². The molecular formula is C14H14N2O4. The first-order valence-corrected chi connectivity index (χ1v) is 6.07. The van der Waals surface area contributed by atoms with Crippen LogP contribution in [0.2, 0.25) is 0 Å². The van der Waals surface area contributed by atoms with Crippen LogP contribution in [0.4, 0.5) is 5.69 Å². The Kier molecular flexibility index (Phi) is 3.89. The van der Waals surface area contributed by atoms with Crippen molar-refractivity contribution in [3.63, 3.8) is 0 Å². The lowest BCUT2D eigenvalue weighted by molar-refractivity contribution is -0.145. The molecule has 0 radical (unpaired) electrons. The maximum atomic E-state index is 12.0. The summed E-state index contributed by atoms with van der Waals surface area (Å²) in [4.78, 5) is 24.9. The molecule has 2 rings (SSSR count). The van der Waals surface area contributed by atoms with Gasteiger partial charge in [-0.05, 0) is 18.2 Å². The van der Waals surface area contributed by atoms with Gasteiger partial charge in [-0.15, -0.1) is 0 Å². The smallest absolute Gasteiger partial charge is 0.311 e. The van der Waals surface area contributed by atoms with Gasteiger partial charge in [0.15, 0.2) is 0 Å². The van der Waals surface area contributed by atoms with Gasteiger partial charge in [0.25, 0.3) is 0 Å². The second-order valence-electron chi connectivity index (χ2n) is 4.42. The molecule has 1 aromatic rings. The van der Waals surface area contributed by atoms with Gasteiger partial charge in [0.05, 0.1) is 25.7 Å². The van der Waals surface area contributed by atoms with Crippen molar-refractivity contribution in [2.45, 2.75) is 6.42 Å². The van der Waals surface area contributed by atoms with E-state index in [0.29, 0.717) is 17.0 Å². The number of rotatable bonds is 3. The minimum absolute atomic E-state index is 0.126. The average Bonchev–Trinajstić information content (AvgIpc) is 2.87. The highest BCUT2D eigenvalue weighted by Crippen LogP contribution is 2.29. The first-order valence-electron chi connectivity index (χ1n) is 6.07. The molecule has 0 aliphatic carbocycles. The van der Waals surface area contributed by atoms with Crippen LogP contribution in [0.1, 0.15) is 12.0 Å². The molecule has 0 N–H and O–H groups in total. The predicted octanol–water partition coefficient (Wildman–Crippen LogP) is 1.09. The molecule has 0 saturated carbocycles. The minimum Gasteiger partial charge on any atom is -0.495 e. The molecule has 1 aliphatic rings. The van der Waals surface area contributed by atoms with E-state index in [0.717, 1.165) is 0 Å². The van der Waals surface area contributed by atoms with E-state index in [1.54, 1.807) is 18.2 Å². The van der Waals surface area contributed by atoms with Crippen LogP contribution in [0.5, 0.6) is 5.75 Å². The molecule has 1 unspecified atom stereocenters. The van der Waals surface area contributed by atoms with Crippen molar-refractivity contribution < 1.29 is 19.1 Å². The van der Waals surface area contributed by atoms with Gasteiger partial charge in [0.2, 0.25) is 5.91 Å². The number of benzene rings is 1. The maximum Gasteiger partial charge on any atom is 0.311 e. The Morgan fingerprint density at radius 3 is 2.80 bits per heavy atom. The van der Waals surface area contributed by atoms with E-state index in [1.807, 2.05) is 6.07 Å². The predicted molar refractivity (Wildman–Crippen MR) is 70.2 cm³/mol. The SMILES string of the molecule is COC(=O)C1CC(=O)N(c2ccc(OC)c(C#N)c2)C1. The molecule has 20 heavy (non-hydrogen) atoms. The van der Waals surface area contributed by atoms with Crippen molar-refractivity contribution in [3.8, 4) is 11.8 Å². The summed E-state index contributed by atoms with van der Waals surface area (Å²) in [6.45, 7) is 0.267. The van der Waals surface area contributed by atoms with E-state index < -0.39 is 11.9 Å². The van der Waals surface area contributed by atoms with Crippen molar-refractivity contribution >= 4 is 17.6 Å². The third-order valence-corrected chi connectivity index (χ3v) is 3.27. The molecule has 1 atom stereocenters. The monoisotopic (exact) mass is 274 g/mol. The van der Waals surface area contributed by atoms with Crippen LogP contribution in [0.25, 0.3) is 0 Å². The van der Waals surface area contributed by atoms with Gasteiger partial charge in [-0.25, -0.2) is 0 Å². The van der Waals surface area contributed by atoms with Gasteiger partial charge in [-0.1, -0.05) is 0 Å². The van der Waals surface area contributed by atoms with Crippen molar-refractivity contribution in [1.82, 2.24) is 0 Å². The van der Waals surface area contributed by atoms with E-state index in [1.165, 1.54) is 19.1 Å². The Morgan fingerprint density at radius 1 is 1.45 bits per heavy atom. The summed E-state index contributed by atoms with van der Waals surface area (Å²) >= 11 is 0. The number of nitriles is 1. The van der Waals surface area contributed by atoms with Gasteiger partial charge in [-0.2, -0.15) is 5.26 Å². The summed E-state index contributed by atoms with van der Waals surface area (Å²) in [5, 5.41) is 9.05. The zero-order valence-corrected chi connectivity index (χ0v) is 11.3. The van der Waals surface area contributed by atoms with Crippen molar-refractivity contribution in [2.75, 3.05) is 25.7 Å². The van der Waals surface area contributed by atoms with Gasteiger partial charge in [0.1, 0.15) is 11.8 Å². The molecule has 1 aliphatic heterocycles. The fourth-order valence-corrected chi connectivity index (χ4v) is 2.23. The molecular weight excluding hydrogens is 260 g/mol. The van der Waals surface area contributed by atoms with E-state index in [2.05, 4.69) is 4.74 Å². The van der Waals surface area contributed by atoms with Gasteiger partial charge in [0, 0.05) is 18.7 Å². The van der Waals surface area contributed by atoms with Crippen LogP contribution in [0.3, 0.4) is 0 Å². The molecule has 1 fully saturated rings. The second-order valence-corrected chi connectivity index (χ2v) is 4.42. The standard InChI is InChI=1S/C14H14N2O4/c1-19-12-4-3-11(5-9(12)7-15)16-8-10(6-13(16)17)14(18)20-2/h3-5,10H,6,8H2,1-2H3. The lowest BCUT2D eigenvalue weighted by Gasteiger charge is -2.17. The number of hydrogen-bond acceptors (Lipinski definition) is 5. The Balaban J connectivity index is 2.27. The summed E-state index contributed by atoms with van der Waals surface area (Å²) in [5.41, 5.74) is 0.929. The minimum atomic E-state index is -0.458. The molecule has 6 heteroatoms. The second kappa shape index (κ2) is 5.61. The quantitative estimate of drug-likeness (QED) is 0.771. The molecule has 0 bridgehead atoms. The summed E-state index contributed by atoms with van der Waals surface area (Å²) in [5.74, 6) is -0.558. The number of esters is 1. The maximum absolute atomic E-state index is 12.0. The lowest BCUT2D eigenvalue weighted by Crippen LogP contribution is -2.26. The zero-order chi connectivity index (χ0) is 14.7. The normalized spacial score (nSPS) is 17.8. The molecule has 1 saturated heterocycles. The Morgan fingerprint density at radius 2 is 2.20 bits per heavy atom. The molecule has 0 spiro atoms. The number of ether oxygens (including phenoxy) is 2. The zero-order valence-electron chi connectivity index (χ0n) is 11.3. The number of nitrogens with zero attached hydrogens (tertiary/aromatic N) is 2. The fourth-order valence-electron chi connectivity index (χ4n) is 2.23. The van der Waals surface area contributed by atoms with Crippen molar-refractivity contribution in [2.24, 2.45) is 5.92 Å². The van der Waals surface area contributed by atoms with Crippen LogP contribution in [-0.2, 0) is 14.3 Å². The topological polar surface area (TPSA) is 79.6 Å². The number of hydrogen-bond donors (Lipinski definition) is 0. The summed E-state index contributed by atoms with van der Waals surface area (Å²) < 4.78 is 9.72. The van der Waals surface area contributed by atoms with E-state index in [4.69, 9.17) is 10.00 Å². The van der Waals surface area contributed by atoms with Gasteiger partial charge >= 0.3 is 5.97 Å². The Hall–Kier alpha value is -2.55. The molecule has 0 aromatic heterocycles. The highest BCUT2D eigenvalue weighted by Gasteiger charge is 2.35. The molecule has 1 aromatic carbocycles. The van der Waals surface area contributed by atoms with Crippen LogP contribution < -0.4 is 9.64 Å². The van der Waals surface area contributed by atoms with Crippen LogP contribution in [0, 0.1) is 17.2 Å². The fraction of sp³-hybridized carbons (Fsp3) is 0.357. The van der Waals surface area contributed by atoms with Gasteiger partial charge in [-0.3, -0.25) is 9.59 Å². The average molecular weight is 274 g/mol. The highest BCUT2D eigenvalue weighted by molar-refractivity contribution is 5.99. The lowest BCUT2D eigenvalue weighted by atomic mass is 10.1. The summed E-state index contributed by atoms with van der Waals surface area (Å²) in [7, 11) is 2.78. The first kappa shape index (κ1) is 13.9. The number of carbonyl (C=O) groups is 2. The molecule has 104 valence electrons. The Labute approximate surface area is 116 Å². The van der Waals surface area contributed by atoms with Crippen LogP contribution >= 0.6 is 0 Å². The summed E-state index contributed by atoms with van der Waals surface area (Å²) in [6, 6.07) is 6.92. The van der Waals surface area contributed by atoms with Gasteiger partial charge < -0.3 is 14.4 Å². The number of anilines is 1. The third-order valence-electron chi connectivity index (χ3n) is 3.27. The molecule has 6 nitrogen and oxygen atoms in total. The van der Waals surface area contributed by atoms with E-state index in [9.17, 15) is 9.59 Å². The number of amides is 1. The van der Waals surface area contributed by atoms with Crippen LogP contribution in [0.15, 0.2) is 18.2 Å².